The summed E-state index contributed by atoms with van der Waals surface area (Å²) in [7, 11) is 0. The van der Waals surface area contributed by atoms with Crippen LogP contribution in [0.5, 0.6) is 0 Å². The Hall–Kier alpha value is -1.06. The van der Waals surface area contributed by atoms with Crippen molar-refractivity contribution in [3.63, 3.8) is 0 Å². The molecule has 2 amide bonds. The van der Waals surface area contributed by atoms with Gasteiger partial charge in [-0.25, -0.2) is 0 Å². The first-order chi connectivity index (χ1) is 9.86. The maximum Gasteiger partial charge on any atom is 0.249 e. The molecular formula is C17H30N2O2. The zero-order chi connectivity index (χ0) is 15.8. The van der Waals surface area contributed by atoms with E-state index in [-0.39, 0.29) is 23.8 Å². The first-order valence-corrected chi connectivity index (χ1v) is 8.49. The van der Waals surface area contributed by atoms with E-state index in [2.05, 4.69) is 12.2 Å². The van der Waals surface area contributed by atoms with Gasteiger partial charge in [-0.2, -0.15) is 0 Å². The van der Waals surface area contributed by atoms with Crippen molar-refractivity contribution in [1.29, 1.82) is 0 Å². The van der Waals surface area contributed by atoms with E-state index < -0.39 is 5.54 Å². The number of carbonyl (C=O) groups excluding carboxylic acids is 2. The van der Waals surface area contributed by atoms with Crippen LogP contribution in [0, 0.1) is 17.8 Å². The molecule has 0 aromatic carbocycles. The molecule has 0 aromatic rings. The van der Waals surface area contributed by atoms with Gasteiger partial charge >= 0.3 is 0 Å². The SMILES string of the molecule is CCC1(CC)NC(=O)C(C(C)C)N(CC(C)C2CC2)C1=O. The quantitative estimate of drug-likeness (QED) is 0.818. The molecule has 1 N–H and O–H groups in total. The zero-order valence-electron chi connectivity index (χ0n) is 14.1. The topological polar surface area (TPSA) is 49.4 Å². The molecule has 0 aromatic heterocycles. The number of amides is 2. The fraction of sp³-hybridized carbons (Fsp3) is 0.882. The Balaban J connectivity index is 2.27. The van der Waals surface area contributed by atoms with Gasteiger partial charge in [-0.05, 0) is 43.4 Å². The molecule has 1 saturated carbocycles. The van der Waals surface area contributed by atoms with Gasteiger partial charge in [0.2, 0.25) is 11.8 Å². The molecule has 4 heteroatoms. The van der Waals surface area contributed by atoms with Crippen LogP contribution in [0.15, 0.2) is 0 Å². The minimum Gasteiger partial charge on any atom is -0.340 e. The Morgan fingerprint density at radius 3 is 2.19 bits per heavy atom. The van der Waals surface area contributed by atoms with Crippen molar-refractivity contribution < 1.29 is 9.59 Å². The molecule has 1 heterocycles. The van der Waals surface area contributed by atoms with Crippen molar-refractivity contribution in [2.75, 3.05) is 6.54 Å². The third-order valence-corrected chi connectivity index (χ3v) is 5.39. The summed E-state index contributed by atoms with van der Waals surface area (Å²) < 4.78 is 0. The number of carbonyl (C=O) groups is 2. The van der Waals surface area contributed by atoms with Gasteiger partial charge < -0.3 is 10.2 Å². The highest BCUT2D eigenvalue weighted by Gasteiger charge is 2.50. The summed E-state index contributed by atoms with van der Waals surface area (Å²) in [5.74, 6) is 1.53. The van der Waals surface area contributed by atoms with E-state index >= 15 is 0 Å². The van der Waals surface area contributed by atoms with E-state index in [0.717, 1.165) is 12.5 Å². The van der Waals surface area contributed by atoms with Gasteiger partial charge in [0.15, 0.2) is 0 Å². The molecule has 2 aliphatic rings. The molecule has 2 unspecified atom stereocenters. The third-order valence-electron chi connectivity index (χ3n) is 5.39. The average Bonchev–Trinajstić information content (AvgIpc) is 3.26. The molecule has 0 radical (unpaired) electrons. The van der Waals surface area contributed by atoms with E-state index in [1.54, 1.807) is 0 Å². The molecule has 1 aliphatic heterocycles. The highest BCUT2D eigenvalue weighted by molar-refractivity contribution is 5.99. The molecule has 1 aliphatic carbocycles. The lowest BCUT2D eigenvalue weighted by atomic mass is 9.84. The van der Waals surface area contributed by atoms with Crippen LogP contribution in [0.4, 0.5) is 0 Å². The van der Waals surface area contributed by atoms with E-state index in [1.165, 1.54) is 12.8 Å². The van der Waals surface area contributed by atoms with Gasteiger partial charge in [-0.3, -0.25) is 9.59 Å². The second-order valence-corrected chi connectivity index (χ2v) is 7.24. The molecule has 2 rings (SSSR count). The predicted octanol–water partition coefficient (Wildman–Crippen LogP) is 2.57. The van der Waals surface area contributed by atoms with E-state index in [1.807, 2.05) is 32.6 Å². The Labute approximate surface area is 128 Å². The fourth-order valence-electron chi connectivity index (χ4n) is 3.62. The van der Waals surface area contributed by atoms with Gasteiger partial charge in [0.05, 0.1) is 0 Å². The number of hydrogen-bond donors (Lipinski definition) is 1. The lowest BCUT2D eigenvalue weighted by molar-refractivity contribution is -0.158. The summed E-state index contributed by atoms with van der Waals surface area (Å²) in [5, 5.41) is 3.03. The van der Waals surface area contributed by atoms with E-state index in [9.17, 15) is 9.59 Å². The zero-order valence-corrected chi connectivity index (χ0v) is 14.1. The molecule has 4 nitrogen and oxygen atoms in total. The molecule has 0 bridgehead atoms. The average molecular weight is 294 g/mol. The van der Waals surface area contributed by atoms with Crippen molar-refractivity contribution in [2.45, 2.75) is 71.9 Å². The van der Waals surface area contributed by atoms with Gasteiger partial charge in [0.25, 0.3) is 0 Å². The maximum absolute atomic E-state index is 13.1. The first kappa shape index (κ1) is 16.3. The molecule has 120 valence electrons. The summed E-state index contributed by atoms with van der Waals surface area (Å²) in [6, 6.07) is -0.315. The number of piperazine rings is 1. The number of hydrogen-bond acceptors (Lipinski definition) is 2. The molecule has 1 saturated heterocycles. The monoisotopic (exact) mass is 294 g/mol. The van der Waals surface area contributed by atoms with Crippen LogP contribution < -0.4 is 5.32 Å². The summed E-state index contributed by atoms with van der Waals surface area (Å²) in [5.41, 5.74) is -0.689. The number of nitrogens with zero attached hydrogens (tertiary/aromatic N) is 1. The van der Waals surface area contributed by atoms with Crippen molar-refractivity contribution in [1.82, 2.24) is 10.2 Å². The standard InChI is InChI=1S/C17H30N2O2/c1-6-17(7-2)16(21)19(10-12(5)13-8-9-13)14(11(3)4)15(20)18-17/h11-14H,6-10H2,1-5H3,(H,18,20). The first-order valence-electron chi connectivity index (χ1n) is 8.49. The van der Waals surface area contributed by atoms with E-state index in [4.69, 9.17) is 0 Å². The van der Waals surface area contributed by atoms with Gasteiger partial charge in [-0.1, -0.05) is 34.6 Å². The van der Waals surface area contributed by atoms with Crippen LogP contribution in [-0.2, 0) is 9.59 Å². The van der Waals surface area contributed by atoms with Crippen molar-refractivity contribution in [3.05, 3.63) is 0 Å². The predicted molar refractivity (Wildman–Crippen MR) is 83.7 cm³/mol. The number of rotatable bonds is 6. The summed E-state index contributed by atoms with van der Waals surface area (Å²) in [4.78, 5) is 27.5. The van der Waals surface area contributed by atoms with Crippen LogP contribution in [0.2, 0.25) is 0 Å². The molecule has 0 spiro atoms. The van der Waals surface area contributed by atoms with Crippen LogP contribution in [0.3, 0.4) is 0 Å². The minimum atomic E-state index is -0.689. The van der Waals surface area contributed by atoms with Gasteiger partial charge in [0.1, 0.15) is 11.6 Å². The molecule has 21 heavy (non-hydrogen) atoms. The van der Waals surface area contributed by atoms with Gasteiger partial charge in [-0.15, -0.1) is 0 Å². The van der Waals surface area contributed by atoms with Crippen molar-refractivity contribution in [2.24, 2.45) is 17.8 Å². The summed E-state index contributed by atoms with van der Waals surface area (Å²) in [6.07, 6.45) is 3.86. The summed E-state index contributed by atoms with van der Waals surface area (Å²) >= 11 is 0. The van der Waals surface area contributed by atoms with Gasteiger partial charge in [0, 0.05) is 6.54 Å². The lowest BCUT2D eigenvalue weighted by Gasteiger charge is -2.47. The number of nitrogens with one attached hydrogen (secondary N) is 1. The largest absolute Gasteiger partial charge is 0.340 e. The minimum absolute atomic E-state index is 0.0243. The summed E-state index contributed by atoms with van der Waals surface area (Å²) in [6.45, 7) is 11.0. The van der Waals surface area contributed by atoms with Crippen molar-refractivity contribution in [3.8, 4) is 0 Å². The fourth-order valence-corrected chi connectivity index (χ4v) is 3.62. The Morgan fingerprint density at radius 2 is 1.76 bits per heavy atom. The van der Waals surface area contributed by atoms with Crippen LogP contribution in [0.25, 0.3) is 0 Å². The Kier molecular flexibility index (Phi) is 4.64. The normalized spacial score (nSPS) is 27.0. The molecular weight excluding hydrogens is 264 g/mol. The van der Waals surface area contributed by atoms with E-state index in [0.29, 0.717) is 18.8 Å². The lowest BCUT2D eigenvalue weighted by Crippen LogP contribution is -2.71. The van der Waals surface area contributed by atoms with Crippen molar-refractivity contribution >= 4 is 11.8 Å². The second-order valence-electron chi connectivity index (χ2n) is 7.24. The smallest absolute Gasteiger partial charge is 0.249 e. The van der Waals surface area contributed by atoms with Crippen LogP contribution in [-0.4, -0.2) is 34.8 Å². The maximum atomic E-state index is 13.1. The van der Waals surface area contributed by atoms with Crippen LogP contribution >= 0.6 is 0 Å². The Morgan fingerprint density at radius 1 is 1.19 bits per heavy atom. The molecule has 2 fully saturated rings. The highest BCUT2D eigenvalue weighted by Crippen LogP contribution is 2.38. The third kappa shape index (κ3) is 2.95. The highest BCUT2D eigenvalue weighted by atomic mass is 16.2. The Bertz CT molecular complexity index is 411. The second kappa shape index (κ2) is 5.98. The van der Waals surface area contributed by atoms with Crippen LogP contribution in [0.1, 0.15) is 60.3 Å². The molecule has 2 atom stereocenters.